The topological polar surface area (TPSA) is 263 Å². The van der Waals surface area contributed by atoms with Crippen LogP contribution < -0.4 is 34.7 Å². The first-order valence-electron chi connectivity index (χ1n) is 20.9. The van der Waals surface area contributed by atoms with E-state index in [-0.39, 0.29) is 85.9 Å². The molecular formula is C39H71BrFNaO17S2. The number of carboxylic acids is 1. The third-order valence-corrected chi connectivity index (χ3v) is 12.7. The molecule has 9 fully saturated rings. The molecule has 9 aliphatic rings. The predicted molar refractivity (Wildman–Crippen MR) is 224 cm³/mol. The fourth-order valence-electron chi connectivity index (χ4n) is 7.53. The van der Waals surface area contributed by atoms with Crippen LogP contribution in [-0.2, 0) is 42.7 Å². The summed E-state index contributed by atoms with van der Waals surface area (Å²) in [6.45, 7) is 1.50. The average molecular weight is 999 g/mol. The molecule has 0 radical (unpaired) electrons. The van der Waals surface area contributed by atoms with Crippen LogP contribution in [0.15, 0.2) is 0 Å². The molecule has 0 spiro atoms. The van der Waals surface area contributed by atoms with Crippen molar-refractivity contribution in [3.63, 3.8) is 0 Å². The average Bonchev–Trinajstić information content (AvgIpc) is 3.55. The number of fused-ring (bicyclic) bond motifs is 18. The zero-order chi connectivity index (χ0) is 44.6. The van der Waals surface area contributed by atoms with Crippen molar-refractivity contribution in [2.45, 2.75) is 152 Å². The number of methoxy groups -OCH3 is 1. The van der Waals surface area contributed by atoms with Gasteiger partial charge in [-0.15, -0.1) is 0 Å². The number of carbonyl (C=O) groups is 2. The van der Waals surface area contributed by atoms with Crippen LogP contribution in [-0.4, -0.2) is 185 Å². The number of ether oxygens (including phenoxy) is 7. The molecule has 9 heterocycles. The zero-order valence-electron chi connectivity index (χ0n) is 35.6. The molecular weight excluding hydrogens is 926 g/mol. The molecule has 356 valence electrons. The van der Waals surface area contributed by atoms with Gasteiger partial charge in [0.25, 0.3) is 0 Å². The van der Waals surface area contributed by atoms with Crippen molar-refractivity contribution in [3.8, 4) is 0 Å². The molecule has 61 heavy (non-hydrogen) atoms. The second-order valence-electron chi connectivity index (χ2n) is 14.7. The Morgan fingerprint density at radius 2 is 1.15 bits per heavy atom. The Bertz CT molecular complexity index is 1120. The maximum absolute atomic E-state index is 10.4. The summed E-state index contributed by atoms with van der Waals surface area (Å²) in [5, 5.41) is 79.7. The molecule has 7 N–H and O–H groups in total. The van der Waals surface area contributed by atoms with Crippen molar-refractivity contribution in [3.05, 3.63) is 0 Å². The standard InChI is InChI=1S/C13H22O6S.C10H17BrO4.C10H18O5.C4H8O2S.CH3F.CH4.Na/c14-10(15)4-6-20-7-9-8-3-1-2-5-18-13(19-9)12(17)11(8)16;2*11-5-7-6-3-1-2-4-14-10(15-7)9(13)8(6)12;1-6-4(5)2-3-7;1-2;;/h8-9,11-13,16-17H,1-7H2,(H,14,15);6-10,12-13H,1-5H2;6-13H,1-5H2;7H,2-3H2,1H3;1H3;1H4;/q;;;;;;+1/p-1/i;;;;1D;;. The number of aliphatic carboxylic acids is 1. The van der Waals surface area contributed by atoms with E-state index in [0.717, 1.165) is 57.8 Å². The summed E-state index contributed by atoms with van der Waals surface area (Å²) in [4.78, 5) is 20.5. The van der Waals surface area contributed by atoms with E-state index in [1.807, 2.05) is 0 Å². The number of rotatable bonds is 9. The third-order valence-electron chi connectivity index (χ3n) is 10.8. The Balaban J connectivity index is 0.000000808. The van der Waals surface area contributed by atoms with Gasteiger partial charge in [0.15, 0.2) is 18.9 Å². The van der Waals surface area contributed by atoms with Gasteiger partial charge in [0.1, 0.15) is 18.3 Å². The van der Waals surface area contributed by atoms with Crippen LogP contribution in [0.1, 0.15) is 79.4 Å². The van der Waals surface area contributed by atoms with Gasteiger partial charge < -0.3 is 78.8 Å². The minimum absolute atomic E-state index is 0. The van der Waals surface area contributed by atoms with Crippen LogP contribution in [0.4, 0.5) is 4.39 Å². The Morgan fingerprint density at radius 1 is 0.754 bits per heavy atom. The summed E-state index contributed by atoms with van der Waals surface area (Å²) in [5.74, 6) is 0.0368. The number of aliphatic hydroxyl groups excluding tert-OH is 7. The molecule has 0 amide bonds. The summed E-state index contributed by atoms with van der Waals surface area (Å²) < 4.78 is 52.8. The molecule has 9 saturated heterocycles. The van der Waals surface area contributed by atoms with Crippen LogP contribution >= 0.6 is 40.3 Å². The van der Waals surface area contributed by atoms with Crippen molar-refractivity contribution in [1.29, 1.82) is 0 Å². The minimum atomic E-state index is -1.06. The summed E-state index contributed by atoms with van der Waals surface area (Å²) in [6, 6.07) is 0. The fourth-order valence-corrected chi connectivity index (χ4v) is 9.38. The van der Waals surface area contributed by atoms with E-state index in [0.29, 0.717) is 48.8 Å². The number of aliphatic hydroxyl groups is 7. The van der Waals surface area contributed by atoms with Gasteiger partial charge in [0.2, 0.25) is 0 Å². The Labute approximate surface area is 401 Å². The van der Waals surface area contributed by atoms with E-state index in [1.54, 1.807) is 0 Å². The number of carbonyl (C=O) groups excluding carboxylic acids is 2. The van der Waals surface area contributed by atoms with Gasteiger partial charge in [-0.3, -0.25) is 9.18 Å². The van der Waals surface area contributed by atoms with Gasteiger partial charge in [-0.25, -0.2) is 0 Å². The molecule has 0 aromatic rings. The normalized spacial score (nSPS) is 36.8. The molecule has 0 aromatic carbocycles. The molecule has 15 atom stereocenters. The summed E-state index contributed by atoms with van der Waals surface area (Å²) in [7, 11) is 0.367. The Morgan fingerprint density at radius 3 is 1.51 bits per heavy atom. The molecule has 17 nitrogen and oxygen atoms in total. The maximum Gasteiger partial charge on any atom is 1.00 e. The second-order valence-corrected chi connectivity index (χ2v) is 17.0. The van der Waals surface area contributed by atoms with E-state index in [2.05, 4.69) is 33.3 Å². The number of thioether (sulfide) groups is 1. The van der Waals surface area contributed by atoms with Gasteiger partial charge in [0, 0.05) is 60.4 Å². The first-order valence-corrected chi connectivity index (χ1v) is 23.1. The van der Waals surface area contributed by atoms with Crippen LogP contribution in [0.5, 0.6) is 0 Å². The van der Waals surface area contributed by atoms with Gasteiger partial charge in [-0.05, 0) is 50.7 Å². The summed E-state index contributed by atoms with van der Waals surface area (Å²) in [6.07, 6.45) is 0.0788. The Kier molecular flexibility index (Phi) is 34.0. The number of halogens is 2. The Hall–Kier alpha value is 0.530. The maximum atomic E-state index is 10.4. The van der Waals surface area contributed by atoms with E-state index in [1.165, 1.54) is 18.9 Å². The molecule has 15 unspecified atom stereocenters. The van der Waals surface area contributed by atoms with Crippen molar-refractivity contribution in [2.24, 2.45) is 17.8 Å². The van der Waals surface area contributed by atoms with E-state index in [9.17, 15) is 49.7 Å². The molecule has 0 aliphatic carbocycles. The van der Waals surface area contributed by atoms with Gasteiger partial charge in [0.05, 0.1) is 65.3 Å². The second kappa shape index (κ2) is 34.8. The number of esters is 1. The first-order chi connectivity index (χ1) is 28.8. The van der Waals surface area contributed by atoms with Crippen molar-refractivity contribution >= 4 is 52.3 Å². The van der Waals surface area contributed by atoms with Crippen molar-refractivity contribution in [1.82, 2.24) is 0 Å². The van der Waals surface area contributed by atoms with E-state index >= 15 is 0 Å². The van der Waals surface area contributed by atoms with Gasteiger partial charge in [-0.2, -0.15) is 24.4 Å². The van der Waals surface area contributed by atoms with E-state index < -0.39 is 74.7 Å². The summed E-state index contributed by atoms with van der Waals surface area (Å²) >= 11 is 8.65. The first kappa shape index (κ1) is 59.5. The smallest absolute Gasteiger partial charge is 0.550 e. The quantitative estimate of drug-likeness (QED) is 0.0398. The number of thiol groups is 1. The number of hydrogen-bond donors (Lipinski definition) is 8. The van der Waals surface area contributed by atoms with Crippen molar-refractivity contribution in [2.75, 3.05) is 63.3 Å². The zero-order valence-corrected chi connectivity index (χ0v) is 39.9. The number of hydrogen-bond acceptors (Lipinski definition) is 19. The van der Waals surface area contributed by atoms with E-state index in [4.69, 9.17) is 34.9 Å². The SMILES string of the molecule is C.COC(=O)CCS.O=C([O-])CCSCC1OC2OCCCCC1C(O)C2O.OC1C2OCCCCC(C(CBr)O2)C1O.OCC1OC2OCCCCC1C(O)C2O.[2H]CF.[Na+]. The summed E-state index contributed by atoms with van der Waals surface area (Å²) in [5.41, 5.74) is 0. The largest absolute Gasteiger partial charge is 1.00 e. The number of alkyl halides is 2. The molecule has 9 rings (SSSR count). The molecule has 0 saturated carbocycles. The number of carboxylic acid groups (broad SMARTS) is 1. The monoisotopic (exact) mass is 997 g/mol. The third kappa shape index (κ3) is 20.5. The van der Waals surface area contributed by atoms with Crippen LogP contribution in [0.3, 0.4) is 0 Å². The van der Waals surface area contributed by atoms with Crippen LogP contribution in [0.2, 0.25) is 0 Å². The van der Waals surface area contributed by atoms with Crippen molar-refractivity contribution < 1.29 is 119 Å². The predicted octanol–water partition coefficient (Wildman–Crippen LogP) is -2.29. The molecule has 9 aliphatic heterocycles. The van der Waals surface area contributed by atoms with Gasteiger partial charge in [-0.1, -0.05) is 42.6 Å². The minimum Gasteiger partial charge on any atom is -0.550 e. The van der Waals surface area contributed by atoms with Gasteiger partial charge >= 0.3 is 35.5 Å². The van der Waals surface area contributed by atoms with Crippen LogP contribution in [0, 0.1) is 17.8 Å². The molecule has 6 bridgehead atoms. The molecule has 22 heteroatoms. The van der Waals surface area contributed by atoms with Crippen LogP contribution in [0.25, 0.3) is 0 Å². The molecule has 0 aromatic heterocycles. The fraction of sp³-hybridized carbons (Fsp3) is 0.949.